The fourth-order valence-corrected chi connectivity index (χ4v) is 7.18. The summed E-state index contributed by atoms with van der Waals surface area (Å²) in [7, 11) is -3.99. The molecule has 0 aliphatic carbocycles. The van der Waals surface area contributed by atoms with Crippen LogP contribution in [-0.2, 0) is 39.0 Å². The molecule has 1 aliphatic heterocycles. The van der Waals surface area contributed by atoms with E-state index in [1.54, 1.807) is 12.1 Å². The third-order valence-corrected chi connectivity index (χ3v) is 10.2. The highest BCUT2D eigenvalue weighted by atomic mass is 32.2. The van der Waals surface area contributed by atoms with Gasteiger partial charge in [0.05, 0.1) is 23.6 Å². The molecular weight excluding hydrogens is 618 g/mol. The molecule has 4 atom stereocenters. The van der Waals surface area contributed by atoms with Crippen molar-refractivity contribution >= 4 is 22.0 Å². The van der Waals surface area contributed by atoms with Crippen LogP contribution in [-0.4, -0.2) is 67.7 Å². The maximum atomic E-state index is 14.0. The Kier molecular flexibility index (Phi) is 12.8. The van der Waals surface area contributed by atoms with Gasteiger partial charge in [-0.2, -0.15) is 4.31 Å². The third kappa shape index (κ3) is 10.0. The van der Waals surface area contributed by atoms with Crippen molar-refractivity contribution in [1.29, 1.82) is 0 Å². The number of nitrogens with one attached hydrogen (secondary N) is 2. The Morgan fingerprint density at radius 1 is 0.936 bits per heavy atom. The predicted octanol–water partition coefficient (Wildman–Crippen LogP) is 4.70. The molecule has 0 saturated carbocycles. The molecule has 1 aliphatic rings. The van der Waals surface area contributed by atoms with E-state index >= 15 is 0 Å². The Balaban J connectivity index is 1.54. The van der Waals surface area contributed by atoms with Gasteiger partial charge >= 0.3 is 6.09 Å². The molecule has 0 radical (unpaired) electrons. The summed E-state index contributed by atoms with van der Waals surface area (Å²) >= 11 is 0. The molecule has 1 heterocycles. The molecule has 10 nitrogen and oxygen atoms in total. The van der Waals surface area contributed by atoms with Crippen molar-refractivity contribution in [3.8, 4) is 5.75 Å². The Bertz CT molecular complexity index is 1570. The highest BCUT2D eigenvalue weighted by Gasteiger charge is 2.34. The number of aliphatic hydroxyl groups is 1. The van der Waals surface area contributed by atoms with E-state index in [-0.39, 0.29) is 42.8 Å². The van der Waals surface area contributed by atoms with Crippen LogP contribution < -0.4 is 15.4 Å². The lowest BCUT2D eigenvalue weighted by Crippen LogP contribution is -2.57. The van der Waals surface area contributed by atoms with E-state index in [1.807, 2.05) is 88.4 Å². The second kappa shape index (κ2) is 16.8. The average molecular weight is 666 g/mol. The van der Waals surface area contributed by atoms with Gasteiger partial charge in [-0.1, -0.05) is 94.8 Å². The summed E-state index contributed by atoms with van der Waals surface area (Å²) in [5, 5.41) is 17.3. The zero-order valence-corrected chi connectivity index (χ0v) is 28.4. The van der Waals surface area contributed by atoms with E-state index in [0.29, 0.717) is 25.2 Å². The van der Waals surface area contributed by atoms with Crippen molar-refractivity contribution in [2.75, 3.05) is 19.7 Å². The minimum absolute atomic E-state index is 0.0298. The monoisotopic (exact) mass is 665 g/mol. The van der Waals surface area contributed by atoms with Crippen LogP contribution in [0.15, 0.2) is 83.8 Å². The van der Waals surface area contributed by atoms with Gasteiger partial charge < -0.3 is 25.2 Å². The molecule has 0 saturated heterocycles. The first-order chi connectivity index (χ1) is 22.5. The number of rotatable bonds is 16. The number of amides is 2. The third-order valence-electron chi connectivity index (χ3n) is 8.33. The van der Waals surface area contributed by atoms with Crippen molar-refractivity contribution in [2.45, 2.75) is 76.6 Å². The number of alkyl carbamates (subject to hydrolysis) is 1. The van der Waals surface area contributed by atoms with Crippen molar-refractivity contribution in [3.05, 3.63) is 95.6 Å². The van der Waals surface area contributed by atoms with E-state index < -0.39 is 40.2 Å². The lowest BCUT2D eigenvalue weighted by atomic mass is 9.96. The Morgan fingerprint density at radius 3 is 2.23 bits per heavy atom. The Morgan fingerprint density at radius 2 is 1.60 bits per heavy atom. The highest BCUT2D eigenvalue weighted by Crippen LogP contribution is 2.29. The van der Waals surface area contributed by atoms with Crippen LogP contribution in [0.25, 0.3) is 0 Å². The number of ether oxygens (including phenoxy) is 2. The molecule has 254 valence electrons. The van der Waals surface area contributed by atoms with Crippen LogP contribution in [0.2, 0.25) is 0 Å². The molecule has 2 amide bonds. The van der Waals surface area contributed by atoms with Crippen molar-refractivity contribution in [3.63, 3.8) is 0 Å². The van der Waals surface area contributed by atoms with Crippen molar-refractivity contribution in [1.82, 2.24) is 14.9 Å². The van der Waals surface area contributed by atoms with Crippen LogP contribution >= 0.6 is 0 Å². The predicted molar refractivity (Wildman–Crippen MR) is 180 cm³/mol. The Hall–Kier alpha value is -3.93. The molecule has 0 spiro atoms. The van der Waals surface area contributed by atoms with Gasteiger partial charge in [-0.3, -0.25) is 4.79 Å². The summed E-state index contributed by atoms with van der Waals surface area (Å²) in [6, 6.07) is 21.6. The summed E-state index contributed by atoms with van der Waals surface area (Å²) in [6.07, 6.45) is -0.543. The number of sulfonamides is 1. The minimum atomic E-state index is -3.99. The number of aliphatic hydroxyl groups excluding tert-OH is 1. The van der Waals surface area contributed by atoms with Crippen molar-refractivity contribution in [2.24, 2.45) is 11.8 Å². The van der Waals surface area contributed by atoms with Gasteiger partial charge in [-0.15, -0.1) is 0 Å². The average Bonchev–Trinajstić information content (AvgIpc) is 3.54. The maximum Gasteiger partial charge on any atom is 0.408 e. The number of carbonyl (C=O) groups excluding carboxylic acids is 2. The van der Waals surface area contributed by atoms with E-state index in [1.165, 1.54) is 10.4 Å². The fourth-order valence-electron chi connectivity index (χ4n) is 5.50. The number of fused-ring (bicyclic) bond motifs is 1. The quantitative estimate of drug-likeness (QED) is 0.202. The minimum Gasteiger partial charge on any atom is -0.493 e. The standard InChI is InChI=1S/C36H47N3O7S/c1-5-26(4)34(38-36(42)46-24-28-14-10-7-11-15-28)35(41)37-31(20-27-12-8-6-9-13-27)32(40)23-39(22-25(2)3)47(43,44)30-16-17-33-29(21-30)18-19-45-33/h6-17,21,25-26,31-32,34,40H,5,18-20,22-24H2,1-4H3,(H,37,41)(H,38,42)/t26-,31-,32+,34-/m0/s1. The van der Waals surface area contributed by atoms with Crippen LogP contribution in [0.4, 0.5) is 4.79 Å². The van der Waals surface area contributed by atoms with Gasteiger partial charge in [-0.25, -0.2) is 13.2 Å². The lowest BCUT2D eigenvalue weighted by Gasteiger charge is -2.32. The zero-order valence-electron chi connectivity index (χ0n) is 27.6. The number of nitrogens with zero attached hydrogens (tertiary/aromatic N) is 1. The molecule has 0 unspecified atom stereocenters. The highest BCUT2D eigenvalue weighted by molar-refractivity contribution is 7.89. The summed E-state index contributed by atoms with van der Waals surface area (Å²) in [5.41, 5.74) is 2.49. The molecule has 3 N–H and O–H groups in total. The number of carbonyl (C=O) groups is 2. The zero-order chi connectivity index (χ0) is 34.0. The van der Waals surface area contributed by atoms with Gasteiger partial charge in [0.15, 0.2) is 0 Å². The molecule has 3 aromatic carbocycles. The van der Waals surface area contributed by atoms with Crippen LogP contribution in [0.5, 0.6) is 5.75 Å². The number of hydrogen-bond acceptors (Lipinski definition) is 7. The van der Waals surface area contributed by atoms with Crippen molar-refractivity contribution < 1.29 is 32.6 Å². The first-order valence-electron chi connectivity index (χ1n) is 16.2. The van der Waals surface area contributed by atoms with Crippen LogP contribution in [0, 0.1) is 11.8 Å². The molecular formula is C36H47N3O7S. The summed E-state index contributed by atoms with van der Waals surface area (Å²) in [4.78, 5) is 26.7. The van der Waals surface area contributed by atoms with Gasteiger partial charge in [0.2, 0.25) is 15.9 Å². The molecule has 0 aromatic heterocycles. The number of benzene rings is 3. The second-order valence-corrected chi connectivity index (χ2v) is 14.5. The topological polar surface area (TPSA) is 134 Å². The summed E-state index contributed by atoms with van der Waals surface area (Å²) in [5.74, 6) is -0.0977. The van der Waals surface area contributed by atoms with E-state index in [0.717, 1.165) is 16.7 Å². The lowest BCUT2D eigenvalue weighted by molar-refractivity contribution is -0.125. The van der Waals surface area contributed by atoms with Gasteiger partial charge in [0.1, 0.15) is 18.4 Å². The molecule has 11 heteroatoms. The molecule has 0 bridgehead atoms. The molecule has 4 rings (SSSR count). The molecule has 0 fully saturated rings. The number of hydrogen-bond donors (Lipinski definition) is 3. The Labute approximate surface area is 278 Å². The largest absolute Gasteiger partial charge is 0.493 e. The fraction of sp³-hybridized carbons (Fsp3) is 0.444. The maximum absolute atomic E-state index is 14.0. The van der Waals surface area contributed by atoms with Crippen LogP contribution in [0.1, 0.15) is 50.8 Å². The smallest absolute Gasteiger partial charge is 0.408 e. The van der Waals surface area contributed by atoms with Crippen LogP contribution in [0.3, 0.4) is 0 Å². The molecule has 3 aromatic rings. The second-order valence-electron chi connectivity index (χ2n) is 12.5. The first kappa shape index (κ1) is 35.9. The summed E-state index contributed by atoms with van der Waals surface area (Å²) < 4.78 is 40.1. The normalized spacial score (nSPS) is 15.3. The SMILES string of the molecule is CC[C@H](C)[C@H](NC(=O)OCc1ccccc1)C(=O)N[C@@H](Cc1ccccc1)[C@H](O)CN(CC(C)C)S(=O)(=O)c1ccc2c(c1)CCO2. The van der Waals surface area contributed by atoms with Gasteiger partial charge in [0.25, 0.3) is 0 Å². The first-order valence-corrected chi connectivity index (χ1v) is 17.7. The summed E-state index contributed by atoms with van der Waals surface area (Å²) in [6.45, 7) is 8.07. The van der Waals surface area contributed by atoms with E-state index in [9.17, 15) is 23.1 Å². The van der Waals surface area contributed by atoms with E-state index in [2.05, 4.69) is 10.6 Å². The van der Waals surface area contributed by atoms with Gasteiger partial charge in [0, 0.05) is 19.5 Å². The van der Waals surface area contributed by atoms with Gasteiger partial charge in [-0.05, 0) is 53.1 Å². The molecule has 47 heavy (non-hydrogen) atoms. The van der Waals surface area contributed by atoms with E-state index in [4.69, 9.17) is 9.47 Å².